The summed E-state index contributed by atoms with van der Waals surface area (Å²) in [5.74, 6) is 1.31. The minimum atomic E-state index is -0.0189. The Morgan fingerprint density at radius 2 is 2.30 bits per heavy atom. The Labute approximate surface area is 119 Å². The lowest BCUT2D eigenvalue weighted by Crippen LogP contribution is -2.45. The highest BCUT2D eigenvalue weighted by molar-refractivity contribution is 5.76. The molecule has 6 heteroatoms. The van der Waals surface area contributed by atoms with E-state index in [2.05, 4.69) is 17.1 Å². The largest absolute Gasteiger partial charge is 0.394 e. The summed E-state index contributed by atoms with van der Waals surface area (Å²) in [6, 6.07) is -0.0189. The maximum atomic E-state index is 12.2. The molecule has 1 fully saturated rings. The van der Waals surface area contributed by atoms with E-state index in [-0.39, 0.29) is 18.6 Å². The summed E-state index contributed by atoms with van der Waals surface area (Å²) in [6.07, 6.45) is 5.61. The van der Waals surface area contributed by atoms with Crippen molar-refractivity contribution in [1.82, 2.24) is 15.0 Å². The molecule has 0 spiro atoms. The molecule has 2 rings (SSSR count). The number of nitrogens with zero attached hydrogens (tertiary/aromatic N) is 3. The predicted molar refractivity (Wildman–Crippen MR) is 73.1 cm³/mol. The first-order valence-corrected chi connectivity index (χ1v) is 7.46. The van der Waals surface area contributed by atoms with Gasteiger partial charge in [-0.25, -0.2) is 0 Å². The van der Waals surface area contributed by atoms with Crippen molar-refractivity contribution in [3.63, 3.8) is 0 Å². The number of carbonyl (C=O) groups excluding carboxylic acids is 1. The van der Waals surface area contributed by atoms with Gasteiger partial charge < -0.3 is 14.5 Å². The first kappa shape index (κ1) is 15.0. The van der Waals surface area contributed by atoms with E-state index >= 15 is 0 Å². The molecule has 112 valence electrons. The predicted octanol–water partition coefficient (Wildman–Crippen LogP) is 1.33. The number of aliphatic hydroxyl groups excluding tert-OH is 1. The molecule has 1 aromatic heterocycles. The van der Waals surface area contributed by atoms with Crippen molar-refractivity contribution in [3.8, 4) is 0 Å². The summed E-state index contributed by atoms with van der Waals surface area (Å²) < 4.78 is 5.13. The Kier molecular flexibility index (Phi) is 5.52. The van der Waals surface area contributed by atoms with Crippen LogP contribution in [-0.4, -0.2) is 45.2 Å². The molecule has 0 aromatic carbocycles. The van der Waals surface area contributed by atoms with Gasteiger partial charge in [-0.2, -0.15) is 4.98 Å². The van der Waals surface area contributed by atoms with Gasteiger partial charge in [-0.05, 0) is 25.7 Å². The molecule has 0 saturated carbocycles. The van der Waals surface area contributed by atoms with Gasteiger partial charge in [0.2, 0.25) is 11.8 Å². The van der Waals surface area contributed by atoms with Crippen molar-refractivity contribution in [1.29, 1.82) is 0 Å². The third-order valence-corrected chi connectivity index (χ3v) is 3.69. The van der Waals surface area contributed by atoms with Gasteiger partial charge in [0.25, 0.3) is 0 Å². The van der Waals surface area contributed by atoms with E-state index in [9.17, 15) is 9.90 Å². The highest BCUT2D eigenvalue weighted by atomic mass is 16.5. The van der Waals surface area contributed by atoms with Crippen LogP contribution < -0.4 is 0 Å². The summed E-state index contributed by atoms with van der Waals surface area (Å²) in [5.41, 5.74) is 0. The van der Waals surface area contributed by atoms with Crippen molar-refractivity contribution in [2.45, 2.75) is 57.9 Å². The van der Waals surface area contributed by atoms with E-state index in [1.807, 2.05) is 0 Å². The lowest BCUT2D eigenvalue weighted by atomic mass is 10.0. The highest BCUT2D eigenvalue weighted by Gasteiger charge is 2.25. The van der Waals surface area contributed by atoms with Crippen molar-refractivity contribution in [2.75, 3.05) is 13.2 Å². The van der Waals surface area contributed by atoms with Crippen LogP contribution in [0.2, 0.25) is 0 Å². The number of carbonyl (C=O) groups is 1. The van der Waals surface area contributed by atoms with Crippen molar-refractivity contribution < 1.29 is 14.4 Å². The topological polar surface area (TPSA) is 79.5 Å². The molecule has 1 atom stereocenters. The second kappa shape index (κ2) is 7.38. The van der Waals surface area contributed by atoms with E-state index < -0.39 is 0 Å². The van der Waals surface area contributed by atoms with Gasteiger partial charge in [-0.15, -0.1) is 0 Å². The van der Waals surface area contributed by atoms with Gasteiger partial charge >= 0.3 is 0 Å². The van der Waals surface area contributed by atoms with Crippen LogP contribution in [0.25, 0.3) is 0 Å². The molecule has 1 aromatic rings. The molecule has 1 unspecified atom stereocenters. The highest BCUT2D eigenvalue weighted by Crippen LogP contribution is 2.18. The molecule has 0 bridgehead atoms. The summed E-state index contributed by atoms with van der Waals surface area (Å²) in [4.78, 5) is 18.3. The SMILES string of the molecule is CCCc1noc(CCC(=O)N2CCCCC2CO)n1. The van der Waals surface area contributed by atoms with Gasteiger partial charge in [-0.3, -0.25) is 4.79 Å². The third kappa shape index (κ3) is 3.79. The number of amides is 1. The zero-order chi connectivity index (χ0) is 14.4. The second-order valence-corrected chi connectivity index (χ2v) is 5.27. The number of aromatic nitrogens is 2. The maximum absolute atomic E-state index is 12.2. The Balaban J connectivity index is 1.84. The van der Waals surface area contributed by atoms with Gasteiger partial charge in [-0.1, -0.05) is 12.1 Å². The van der Waals surface area contributed by atoms with Crippen LogP contribution in [0.3, 0.4) is 0 Å². The normalized spacial score (nSPS) is 19.3. The van der Waals surface area contributed by atoms with E-state index in [0.29, 0.717) is 24.6 Å². The van der Waals surface area contributed by atoms with E-state index in [1.165, 1.54) is 0 Å². The Hall–Kier alpha value is -1.43. The maximum Gasteiger partial charge on any atom is 0.227 e. The van der Waals surface area contributed by atoms with E-state index in [1.54, 1.807) is 4.90 Å². The number of hydrogen-bond donors (Lipinski definition) is 1. The Morgan fingerprint density at radius 1 is 1.45 bits per heavy atom. The van der Waals surface area contributed by atoms with Crippen molar-refractivity contribution in [3.05, 3.63) is 11.7 Å². The van der Waals surface area contributed by atoms with Gasteiger partial charge in [0.1, 0.15) is 0 Å². The van der Waals surface area contributed by atoms with Gasteiger partial charge in [0.05, 0.1) is 12.6 Å². The molecule has 1 N–H and O–H groups in total. The summed E-state index contributed by atoms with van der Waals surface area (Å²) in [6.45, 7) is 2.85. The summed E-state index contributed by atoms with van der Waals surface area (Å²) in [7, 11) is 0. The molecular formula is C14H23N3O3. The molecule has 1 aliphatic heterocycles. The van der Waals surface area contributed by atoms with Crippen molar-refractivity contribution >= 4 is 5.91 Å². The van der Waals surface area contributed by atoms with Crippen molar-refractivity contribution in [2.24, 2.45) is 0 Å². The standard InChI is InChI=1S/C14H23N3O3/c1-2-5-12-15-13(20-16-12)7-8-14(19)17-9-4-3-6-11(17)10-18/h11,18H,2-10H2,1H3. The lowest BCUT2D eigenvalue weighted by Gasteiger charge is -2.34. The monoisotopic (exact) mass is 281 g/mol. The molecule has 1 aliphatic rings. The first-order valence-electron chi connectivity index (χ1n) is 7.46. The molecule has 1 saturated heterocycles. The average molecular weight is 281 g/mol. The minimum Gasteiger partial charge on any atom is -0.394 e. The van der Waals surface area contributed by atoms with Crippen LogP contribution in [0.4, 0.5) is 0 Å². The van der Waals surface area contributed by atoms with Crippen LogP contribution in [-0.2, 0) is 17.6 Å². The number of hydrogen-bond acceptors (Lipinski definition) is 5. The zero-order valence-electron chi connectivity index (χ0n) is 12.0. The molecule has 0 radical (unpaired) electrons. The minimum absolute atomic E-state index is 0.0189. The molecule has 20 heavy (non-hydrogen) atoms. The number of aryl methyl sites for hydroxylation is 2. The number of likely N-dealkylation sites (tertiary alicyclic amines) is 1. The van der Waals surface area contributed by atoms with Crippen LogP contribution >= 0.6 is 0 Å². The molecular weight excluding hydrogens is 258 g/mol. The summed E-state index contributed by atoms with van der Waals surface area (Å²) >= 11 is 0. The molecule has 2 heterocycles. The van der Waals surface area contributed by atoms with Crippen LogP contribution in [0.5, 0.6) is 0 Å². The fourth-order valence-corrected chi connectivity index (χ4v) is 2.59. The smallest absolute Gasteiger partial charge is 0.227 e. The van der Waals surface area contributed by atoms with E-state index in [4.69, 9.17) is 4.52 Å². The molecule has 6 nitrogen and oxygen atoms in total. The second-order valence-electron chi connectivity index (χ2n) is 5.27. The first-order chi connectivity index (χ1) is 9.74. The number of piperidine rings is 1. The Bertz CT molecular complexity index is 433. The van der Waals surface area contributed by atoms with E-state index in [0.717, 1.165) is 38.6 Å². The van der Waals surface area contributed by atoms with Crippen LogP contribution in [0, 0.1) is 0 Å². The molecule has 0 aliphatic carbocycles. The number of rotatable bonds is 6. The van der Waals surface area contributed by atoms with Crippen LogP contribution in [0.1, 0.15) is 50.7 Å². The van der Waals surface area contributed by atoms with Gasteiger partial charge in [0, 0.05) is 25.8 Å². The summed E-state index contributed by atoms with van der Waals surface area (Å²) in [5, 5.41) is 13.2. The lowest BCUT2D eigenvalue weighted by molar-refractivity contribution is -0.136. The third-order valence-electron chi connectivity index (χ3n) is 3.69. The Morgan fingerprint density at radius 3 is 3.05 bits per heavy atom. The molecule has 1 amide bonds. The zero-order valence-corrected chi connectivity index (χ0v) is 12.0. The average Bonchev–Trinajstić information content (AvgIpc) is 2.93. The fourth-order valence-electron chi connectivity index (χ4n) is 2.59. The fraction of sp³-hybridized carbons (Fsp3) is 0.786. The van der Waals surface area contributed by atoms with Crippen LogP contribution in [0.15, 0.2) is 4.52 Å². The van der Waals surface area contributed by atoms with Gasteiger partial charge in [0.15, 0.2) is 5.82 Å². The number of aliphatic hydroxyl groups is 1. The quantitative estimate of drug-likeness (QED) is 0.851.